The van der Waals surface area contributed by atoms with Crippen LogP contribution in [0.2, 0.25) is 0 Å². The first-order valence-electron chi connectivity index (χ1n) is 22.6. The van der Waals surface area contributed by atoms with Gasteiger partial charge >= 0.3 is 0 Å². The molecule has 0 aromatic heterocycles. The molecular formula is C59H60BN. The van der Waals surface area contributed by atoms with Crippen molar-refractivity contribution in [3.63, 3.8) is 0 Å². The van der Waals surface area contributed by atoms with E-state index >= 15 is 0 Å². The lowest BCUT2D eigenvalue weighted by Crippen LogP contribution is -2.52. The molecule has 1 saturated carbocycles. The van der Waals surface area contributed by atoms with Crippen molar-refractivity contribution in [3.8, 4) is 11.1 Å². The monoisotopic (exact) mass is 793 g/mol. The van der Waals surface area contributed by atoms with E-state index < -0.39 is 0 Å². The van der Waals surface area contributed by atoms with Gasteiger partial charge in [0.25, 0.3) is 0 Å². The summed E-state index contributed by atoms with van der Waals surface area (Å²) in [6.45, 7) is 11.3. The summed E-state index contributed by atoms with van der Waals surface area (Å²) in [6, 6.07) is 47.2. The molecular weight excluding hydrogens is 733 g/mol. The highest BCUT2D eigenvalue weighted by molar-refractivity contribution is 6.95. The second-order valence-corrected chi connectivity index (χ2v) is 17.0. The van der Waals surface area contributed by atoms with Crippen molar-refractivity contribution in [2.75, 3.05) is 5.32 Å². The van der Waals surface area contributed by atoms with Crippen molar-refractivity contribution in [1.29, 1.82) is 0 Å². The topological polar surface area (TPSA) is 12.0 Å². The van der Waals surface area contributed by atoms with E-state index in [0.29, 0.717) is 0 Å². The Morgan fingerprint density at radius 1 is 0.656 bits per heavy atom. The highest BCUT2D eigenvalue weighted by Crippen LogP contribution is 2.44. The fourth-order valence-electron chi connectivity index (χ4n) is 9.33. The summed E-state index contributed by atoms with van der Waals surface area (Å²) in [5, 5.41) is 3.78. The Balaban J connectivity index is 1.18. The SMILES string of the molecule is C/C=C(\C(C)=C(/CC)C1=C(C2CC2)C=CCC1)c1ccc(B(c2ccc(/C(C)=C/C=C(\C)c3ccccc3)cc2)c2ccc(NC3=CCCC=C3)c(-c3ccccc3)c2)cc1. The smallest absolute Gasteiger partial charge is 0.241 e. The molecule has 1 N–H and O–H groups in total. The normalized spacial score (nSPS) is 16.3. The lowest BCUT2D eigenvalue weighted by Gasteiger charge is -2.23. The molecule has 3 aliphatic carbocycles. The average Bonchev–Trinajstić information content (AvgIpc) is 4.17. The molecule has 5 aromatic carbocycles. The van der Waals surface area contributed by atoms with Crippen LogP contribution in [0.15, 0.2) is 204 Å². The molecule has 0 aliphatic heterocycles. The Morgan fingerprint density at radius 2 is 1.26 bits per heavy atom. The van der Waals surface area contributed by atoms with Crippen molar-refractivity contribution < 1.29 is 0 Å². The molecule has 5 aromatic rings. The number of allylic oxidation sites excluding steroid dienone is 15. The van der Waals surface area contributed by atoms with Gasteiger partial charge in [-0.2, -0.15) is 0 Å². The van der Waals surface area contributed by atoms with E-state index in [1.54, 1.807) is 11.1 Å². The van der Waals surface area contributed by atoms with Gasteiger partial charge in [-0.25, -0.2) is 0 Å². The summed E-state index contributed by atoms with van der Waals surface area (Å²) < 4.78 is 0. The minimum Gasteiger partial charge on any atom is -0.355 e. The van der Waals surface area contributed by atoms with Gasteiger partial charge in [0.05, 0.1) is 0 Å². The predicted octanol–water partition coefficient (Wildman–Crippen LogP) is 14.2. The maximum atomic E-state index is 3.78. The Morgan fingerprint density at radius 3 is 1.87 bits per heavy atom. The molecule has 1 nitrogen and oxygen atoms in total. The van der Waals surface area contributed by atoms with Crippen LogP contribution in [0.4, 0.5) is 5.69 Å². The van der Waals surface area contributed by atoms with E-state index in [2.05, 4.69) is 216 Å². The highest BCUT2D eigenvalue weighted by Gasteiger charge is 2.29. The molecule has 61 heavy (non-hydrogen) atoms. The van der Waals surface area contributed by atoms with Crippen LogP contribution in [0.25, 0.3) is 27.8 Å². The van der Waals surface area contributed by atoms with Gasteiger partial charge in [-0.3, -0.25) is 0 Å². The molecule has 0 bridgehead atoms. The minimum atomic E-state index is 0.0371. The highest BCUT2D eigenvalue weighted by atomic mass is 14.9. The maximum Gasteiger partial charge on any atom is 0.241 e. The van der Waals surface area contributed by atoms with Crippen LogP contribution in [-0.4, -0.2) is 6.71 Å². The standard InChI is InChI=1S/C59H60BN/c1-6-54(44(5)55(7-2)57-26-18-17-25-56(57)49-29-30-49)48-33-37-51(38-34-48)60(50-35-31-46(32-36-50)43(4)28-27-42(3)45-19-11-8-12-20-45)52-39-40-59(61-53-23-15-10-16-24-53)58(41-52)47-21-13-9-14-22-47/h6,8-9,11-15,17,19-25,27-28,31-41,49,61H,7,10,16,18,26,29-30H2,1-5H3/b42-27+,43-28+,54-6+,55-44+. The van der Waals surface area contributed by atoms with Crippen LogP contribution in [0.1, 0.15) is 96.3 Å². The summed E-state index contributed by atoms with van der Waals surface area (Å²) in [6.07, 6.45) is 26.6. The molecule has 1 fully saturated rings. The van der Waals surface area contributed by atoms with Crippen molar-refractivity contribution in [2.45, 2.75) is 79.6 Å². The van der Waals surface area contributed by atoms with E-state index in [4.69, 9.17) is 0 Å². The molecule has 2 heteroatoms. The molecule has 0 amide bonds. The number of hydrogen-bond donors (Lipinski definition) is 1. The number of anilines is 1. The molecule has 0 saturated heterocycles. The summed E-state index contributed by atoms with van der Waals surface area (Å²) >= 11 is 0. The molecule has 0 atom stereocenters. The fraction of sp³-hybridized carbons (Fsp3) is 0.220. The summed E-state index contributed by atoms with van der Waals surface area (Å²) in [5.41, 5.74) is 22.3. The Labute approximate surface area is 366 Å². The van der Waals surface area contributed by atoms with Crippen molar-refractivity contribution >= 4 is 45.5 Å². The first-order chi connectivity index (χ1) is 29.9. The van der Waals surface area contributed by atoms with Gasteiger partial charge in [0.15, 0.2) is 0 Å². The molecule has 0 spiro atoms. The maximum absolute atomic E-state index is 3.78. The Hall–Kier alpha value is -6.12. The molecule has 0 unspecified atom stereocenters. The first kappa shape index (κ1) is 41.6. The molecule has 8 rings (SSSR count). The van der Waals surface area contributed by atoms with Crippen LogP contribution in [0, 0.1) is 5.92 Å². The lowest BCUT2D eigenvalue weighted by atomic mass is 9.36. The van der Waals surface area contributed by atoms with E-state index in [-0.39, 0.29) is 6.71 Å². The number of rotatable bonds is 14. The van der Waals surface area contributed by atoms with Crippen LogP contribution >= 0.6 is 0 Å². The van der Waals surface area contributed by atoms with Crippen LogP contribution in [0.3, 0.4) is 0 Å². The zero-order valence-corrected chi connectivity index (χ0v) is 36.8. The van der Waals surface area contributed by atoms with Gasteiger partial charge in [0, 0.05) is 16.9 Å². The van der Waals surface area contributed by atoms with E-state index in [9.17, 15) is 0 Å². The summed E-state index contributed by atoms with van der Waals surface area (Å²) in [4.78, 5) is 0. The third-order valence-corrected chi connectivity index (χ3v) is 12.9. The van der Waals surface area contributed by atoms with Crippen LogP contribution in [-0.2, 0) is 0 Å². The summed E-state index contributed by atoms with van der Waals surface area (Å²) in [5.74, 6) is 0.759. The van der Waals surface area contributed by atoms with Crippen LogP contribution < -0.4 is 21.7 Å². The van der Waals surface area contributed by atoms with Crippen LogP contribution in [0.5, 0.6) is 0 Å². The predicted molar refractivity (Wildman–Crippen MR) is 268 cm³/mol. The quantitative estimate of drug-likeness (QED) is 0.0872. The molecule has 0 heterocycles. The van der Waals surface area contributed by atoms with Crippen molar-refractivity contribution in [1.82, 2.24) is 0 Å². The van der Waals surface area contributed by atoms with Crippen molar-refractivity contribution in [2.24, 2.45) is 5.92 Å². The summed E-state index contributed by atoms with van der Waals surface area (Å²) in [7, 11) is 0. The van der Waals surface area contributed by atoms with Gasteiger partial charge in [-0.05, 0) is 152 Å². The fourth-order valence-corrected chi connectivity index (χ4v) is 9.33. The first-order valence-corrected chi connectivity index (χ1v) is 22.6. The zero-order valence-electron chi connectivity index (χ0n) is 36.8. The Bertz CT molecular complexity index is 2590. The van der Waals surface area contributed by atoms with Gasteiger partial charge in [0.1, 0.15) is 0 Å². The van der Waals surface area contributed by atoms with Gasteiger partial charge < -0.3 is 5.32 Å². The van der Waals surface area contributed by atoms with E-state index in [1.807, 2.05) is 0 Å². The third kappa shape index (κ3) is 9.76. The van der Waals surface area contributed by atoms with Gasteiger partial charge in [0.2, 0.25) is 6.71 Å². The largest absolute Gasteiger partial charge is 0.355 e. The molecule has 304 valence electrons. The number of nitrogens with one attached hydrogen (secondary N) is 1. The second kappa shape index (κ2) is 19.5. The van der Waals surface area contributed by atoms with E-state index in [1.165, 1.54) is 84.9 Å². The third-order valence-electron chi connectivity index (χ3n) is 12.9. The Kier molecular flexibility index (Phi) is 13.3. The molecule has 3 aliphatic rings. The second-order valence-electron chi connectivity index (χ2n) is 17.0. The van der Waals surface area contributed by atoms with Gasteiger partial charge in [-0.1, -0.05) is 187 Å². The number of benzene rings is 5. The zero-order chi connectivity index (χ0) is 42.1. The van der Waals surface area contributed by atoms with E-state index in [0.717, 1.165) is 49.4 Å². The molecule has 0 radical (unpaired) electrons. The van der Waals surface area contributed by atoms with Gasteiger partial charge in [-0.15, -0.1) is 0 Å². The number of hydrogen-bond acceptors (Lipinski definition) is 1. The minimum absolute atomic E-state index is 0.0371. The van der Waals surface area contributed by atoms with Crippen molar-refractivity contribution in [3.05, 3.63) is 221 Å². The lowest BCUT2D eigenvalue weighted by molar-refractivity contribution is 0.871. The average molecular weight is 794 g/mol.